The van der Waals surface area contributed by atoms with Gasteiger partial charge in [-0.15, -0.1) is 10.2 Å². The van der Waals surface area contributed by atoms with E-state index in [1.807, 2.05) is 24.3 Å². The summed E-state index contributed by atoms with van der Waals surface area (Å²) in [5, 5.41) is 18.6. The van der Waals surface area contributed by atoms with Crippen LogP contribution in [0.5, 0.6) is 5.75 Å². The largest absolute Gasteiger partial charge is 0.497 e. The Bertz CT molecular complexity index is 912. The van der Waals surface area contributed by atoms with E-state index in [1.54, 1.807) is 11.5 Å². The van der Waals surface area contributed by atoms with E-state index < -0.39 is 0 Å². The standard InChI is InChI=1S/C12H9N7O2/c1-20-8-4-2-7(3-5-8)14-9-11-16-13-6-19(11)12-10(15-9)17-21-18-12/h2-6H,1H3,(H,14,15,17). The van der Waals surface area contributed by atoms with Crippen molar-refractivity contribution in [1.29, 1.82) is 0 Å². The first-order chi connectivity index (χ1) is 10.3. The Morgan fingerprint density at radius 3 is 2.81 bits per heavy atom. The Kier molecular flexibility index (Phi) is 2.43. The third kappa shape index (κ3) is 1.83. The normalized spacial score (nSPS) is 11.1. The summed E-state index contributed by atoms with van der Waals surface area (Å²) in [6.45, 7) is 0. The molecule has 21 heavy (non-hydrogen) atoms. The maximum Gasteiger partial charge on any atom is 0.244 e. The number of hydrogen-bond acceptors (Lipinski definition) is 8. The van der Waals surface area contributed by atoms with E-state index in [2.05, 4.69) is 30.8 Å². The second kappa shape index (κ2) is 4.40. The zero-order valence-corrected chi connectivity index (χ0v) is 10.9. The first kappa shape index (κ1) is 11.6. The molecular formula is C12H9N7O2. The molecule has 0 amide bonds. The van der Waals surface area contributed by atoms with Gasteiger partial charge in [-0.3, -0.25) is 4.40 Å². The van der Waals surface area contributed by atoms with Gasteiger partial charge in [0.15, 0.2) is 5.82 Å². The van der Waals surface area contributed by atoms with Gasteiger partial charge in [0.05, 0.1) is 7.11 Å². The molecule has 0 saturated carbocycles. The van der Waals surface area contributed by atoms with Crippen LogP contribution in [-0.2, 0) is 0 Å². The molecule has 9 nitrogen and oxygen atoms in total. The SMILES string of the molecule is COc1ccc(Nc2nc3nonc3n3cnnc23)cc1. The minimum Gasteiger partial charge on any atom is -0.497 e. The van der Waals surface area contributed by atoms with Gasteiger partial charge in [0, 0.05) is 5.69 Å². The summed E-state index contributed by atoms with van der Waals surface area (Å²) < 4.78 is 11.5. The van der Waals surface area contributed by atoms with E-state index in [-0.39, 0.29) is 0 Å². The highest BCUT2D eigenvalue weighted by Gasteiger charge is 2.14. The van der Waals surface area contributed by atoms with E-state index in [1.165, 1.54) is 6.33 Å². The molecule has 3 aromatic heterocycles. The fourth-order valence-electron chi connectivity index (χ4n) is 2.00. The van der Waals surface area contributed by atoms with Crippen molar-refractivity contribution in [2.75, 3.05) is 12.4 Å². The number of ether oxygens (including phenoxy) is 1. The van der Waals surface area contributed by atoms with Gasteiger partial charge < -0.3 is 10.1 Å². The van der Waals surface area contributed by atoms with Crippen LogP contribution >= 0.6 is 0 Å². The number of hydrogen-bond donors (Lipinski definition) is 1. The number of nitrogens with one attached hydrogen (secondary N) is 1. The number of rotatable bonds is 3. The molecule has 0 aliphatic carbocycles. The third-order valence-corrected chi connectivity index (χ3v) is 3.01. The predicted molar refractivity (Wildman–Crippen MR) is 72.4 cm³/mol. The van der Waals surface area contributed by atoms with Crippen molar-refractivity contribution in [1.82, 2.24) is 29.9 Å². The fraction of sp³-hybridized carbons (Fsp3) is 0.0833. The molecule has 0 fully saturated rings. The zero-order chi connectivity index (χ0) is 14.2. The Morgan fingerprint density at radius 2 is 2.00 bits per heavy atom. The average Bonchev–Trinajstić information content (AvgIpc) is 3.16. The molecule has 0 saturated heterocycles. The smallest absolute Gasteiger partial charge is 0.244 e. The highest BCUT2D eigenvalue weighted by atomic mass is 16.6. The number of nitrogens with zero attached hydrogens (tertiary/aromatic N) is 6. The molecule has 0 unspecified atom stereocenters. The molecule has 1 N–H and O–H groups in total. The van der Waals surface area contributed by atoms with Gasteiger partial charge in [-0.2, -0.15) is 0 Å². The Balaban J connectivity index is 1.81. The van der Waals surface area contributed by atoms with Crippen molar-refractivity contribution >= 4 is 28.4 Å². The molecule has 0 radical (unpaired) electrons. The maximum absolute atomic E-state index is 5.12. The van der Waals surface area contributed by atoms with Crippen molar-refractivity contribution in [3.8, 4) is 5.75 Å². The molecule has 0 spiro atoms. The molecule has 1 aromatic carbocycles. The second-order valence-electron chi connectivity index (χ2n) is 4.25. The molecule has 0 atom stereocenters. The van der Waals surface area contributed by atoms with E-state index in [9.17, 15) is 0 Å². The topological polar surface area (TPSA) is 103 Å². The van der Waals surface area contributed by atoms with Crippen molar-refractivity contribution in [2.24, 2.45) is 0 Å². The lowest BCUT2D eigenvalue weighted by atomic mass is 10.3. The van der Waals surface area contributed by atoms with Gasteiger partial charge >= 0.3 is 0 Å². The lowest BCUT2D eigenvalue weighted by Gasteiger charge is -2.07. The van der Waals surface area contributed by atoms with Gasteiger partial charge in [0.25, 0.3) is 0 Å². The lowest BCUT2D eigenvalue weighted by Crippen LogP contribution is -1.99. The maximum atomic E-state index is 5.12. The number of fused-ring (bicyclic) bond motifs is 3. The van der Waals surface area contributed by atoms with Crippen LogP contribution in [0.15, 0.2) is 35.2 Å². The molecule has 104 valence electrons. The van der Waals surface area contributed by atoms with Crippen LogP contribution in [0.3, 0.4) is 0 Å². The van der Waals surface area contributed by atoms with Gasteiger partial charge in [-0.25, -0.2) is 9.61 Å². The van der Waals surface area contributed by atoms with Gasteiger partial charge in [-0.1, -0.05) is 0 Å². The van der Waals surface area contributed by atoms with Crippen LogP contribution in [0.2, 0.25) is 0 Å². The first-order valence-corrected chi connectivity index (χ1v) is 6.08. The fourth-order valence-corrected chi connectivity index (χ4v) is 2.00. The number of methoxy groups -OCH3 is 1. The zero-order valence-electron chi connectivity index (χ0n) is 10.9. The molecule has 4 aromatic rings. The van der Waals surface area contributed by atoms with Crippen molar-refractivity contribution in [3.05, 3.63) is 30.6 Å². The highest BCUT2D eigenvalue weighted by molar-refractivity contribution is 5.78. The molecule has 0 bridgehead atoms. The van der Waals surface area contributed by atoms with Crippen LogP contribution in [0.4, 0.5) is 11.5 Å². The summed E-state index contributed by atoms with van der Waals surface area (Å²) in [6.07, 6.45) is 1.53. The summed E-state index contributed by atoms with van der Waals surface area (Å²) in [7, 11) is 1.62. The Hall–Kier alpha value is -3.23. The monoisotopic (exact) mass is 283 g/mol. The quantitative estimate of drug-likeness (QED) is 0.602. The summed E-state index contributed by atoms with van der Waals surface area (Å²) >= 11 is 0. The number of anilines is 2. The van der Waals surface area contributed by atoms with E-state index in [4.69, 9.17) is 9.37 Å². The Labute approximate surface area is 117 Å². The van der Waals surface area contributed by atoms with Gasteiger partial charge in [0.2, 0.25) is 16.9 Å². The van der Waals surface area contributed by atoms with Crippen LogP contribution in [-0.4, -0.2) is 37.0 Å². The Morgan fingerprint density at radius 1 is 1.14 bits per heavy atom. The number of benzene rings is 1. The summed E-state index contributed by atoms with van der Waals surface area (Å²) in [5.74, 6) is 1.29. The number of aromatic nitrogens is 6. The summed E-state index contributed by atoms with van der Waals surface area (Å²) in [5.41, 5.74) is 2.21. The summed E-state index contributed by atoms with van der Waals surface area (Å²) in [4.78, 5) is 4.34. The van der Waals surface area contributed by atoms with Crippen molar-refractivity contribution in [3.63, 3.8) is 0 Å². The molecule has 9 heteroatoms. The summed E-state index contributed by atoms with van der Waals surface area (Å²) in [6, 6.07) is 7.44. The molecular weight excluding hydrogens is 274 g/mol. The predicted octanol–water partition coefficient (Wildman–Crippen LogP) is 1.41. The van der Waals surface area contributed by atoms with Gasteiger partial charge in [-0.05, 0) is 34.6 Å². The molecule has 4 rings (SSSR count). The van der Waals surface area contributed by atoms with Crippen molar-refractivity contribution in [2.45, 2.75) is 0 Å². The third-order valence-electron chi connectivity index (χ3n) is 3.01. The van der Waals surface area contributed by atoms with Crippen molar-refractivity contribution < 1.29 is 9.37 Å². The molecule has 3 heterocycles. The van der Waals surface area contributed by atoms with Gasteiger partial charge in [0.1, 0.15) is 12.1 Å². The average molecular weight is 283 g/mol. The van der Waals surface area contributed by atoms with Crippen LogP contribution < -0.4 is 10.1 Å². The van der Waals surface area contributed by atoms with E-state index in [0.717, 1.165) is 11.4 Å². The van der Waals surface area contributed by atoms with E-state index >= 15 is 0 Å². The second-order valence-corrected chi connectivity index (χ2v) is 4.25. The minimum absolute atomic E-state index is 0.373. The highest BCUT2D eigenvalue weighted by Crippen LogP contribution is 2.23. The lowest BCUT2D eigenvalue weighted by molar-refractivity contribution is 0.314. The van der Waals surface area contributed by atoms with Crippen LogP contribution in [0.1, 0.15) is 0 Å². The molecule has 0 aliphatic heterocycles. The van der Waals surface area contributed by atoms with Crippen LogP contribution in [0, 0.1) is 0 Å². The molecule has 0 aliphatic rings. The van der Waals surface area contributed by atoms with Crippen LogP contribution in [0.25, 0.3) is 16.9 Å². The minimum atomic E-state index is 0.373. The van der Waals surface area contributed by atoms with E-state index in [0.29, 0.717) is 22.8 Å². The first-order valence-electron chi connectivity index (χ1n) is 6.08.